The summed E-state index contributed by atoms with van der Waals surface area (Å²) in [6.07, 6.45) is 1.67. The lowest BCUT2D eigenvalue weighted by molar-refractivity contribution is 0.0947. The first kappa shape index (κ1) is 18.3. The Bertz CT molecular complexity index is 900. The Morgan fingerprint density at radius 2 is 1.88 bits per heavy atom. The Hall–Kier alpha value is -2.50. The summed E-state index contributed by atoms with van der Waals surface area (Å²) in [5, 5.41) is 4.18. The van der Waals surface area contributed by atoms with Gasteiger partial charge >= 0.3 is 0 Å². The van der Waals surface area contributed by atoms with Gasteiger partial charge in [0, 0.05) is 17.6 Å². The van der Waals surface area contributed by atoms with Crippen molar-refractivity contribution in [3.63, 3.8) is 0 Å². The zero-order valence-corrected chi connectivity index (χ0v) is 15.7. The lowest BCUT2D eigenvalue weighted by Crippen LogP contribution is -2.23. The smallest absolute Gasteiger partial charge is 0.254 e. The van der Waals surface area contributed by atoms with E-state index in [0.717, 1.165) is 16.2 Å². The predicted molar refractivity (Wildman–Crippen MR) is 104 cm³/mol. The molecule has 132 valence electrons. The van der Waals surface area contributed by atoms with Crippen molar-refractivity contribution in [3.8, 4) is 5.75 Å². The van der Waals surface area contributed by atoms with E-state index >= 15 is 0 Å². The largest absolute Gasteiger partial charge is 0.497 e. The molecule has 0 aliphatic carbocycles. The second kappa shape index (κ2) is 8.74. The van der Waals surface area contributed by atoms with E-state index in [1.165, 1.54) is 11.8 Å². The Kier molecular flexibility index (Phi) is 6.15. The highest BCUT2D eigenvalue weighted by Crippen LogP contribution is 2.33. The third kappa shape index (κ3) is 4.56. The van der Waals surface area contributed by atoms with E-state index in [1.807, 2.05) is 48.5 Å². The molecule has 3 aromatic rings. The van der Waals surface area contributed by atoms with Crippen LogP contribution < -0.4 is 10.1 Å². The van der Waals surface area contributed by atoms with Crippen molar-refractivity contribution in [1.82, 2.24) is 10.3 Å². The van der Waals surface area contributed by atoms with E-state index in [9.17, 15) is 4.79 Å². The summed E-state index contributed by atoms with van der Waals surface area (Å²) in [7, 11) is 1.62. The molecule has 1 heterocycles. The molecule has 4 nitrogen and oxygen atoms in total. The number of ether oxygens (including phenoxy) is 1. The molecule has 0 saturated carbocycles. The van der Waals surface area contributed by atoms with E-state index in [-0.39, 0.29) is 5.91 Å². The molecule has 1 N–H and O–H groups in total. The number of nitrogens with one attached hydrogen (secondary N) is 1. The van der Waals surface area contributed by atoms with Crippen LogP contribution in [0.25, 0.3) is 0 Å². The summed E-state index contributed by atoms with van der Waals surface area (Å²) in [4.78, 5) is 17.8. The van der Waals surface area contributed by atoms with Crippen molar-refractivity contribution < 1.29 is 9.53 Å². The van der Waals surface area contributed by atoms with Gasteiger partial charge in [-0.2, -0.15) is 0 Å². The topological polar surface area (TPSA) is 51.2 Å². The molecule has 6 heteroatoms. The van der Waals surface area contributed by atoms with Crippen LogP contribution in [0.1, 0.15) is 15.9 Å². The van der Waals surface area contributed by atoms with Crippen molar-refractivity contribution in [2.24, 2.45) is 0 Å². The number of rotatable bonds is 6. The highest BCUT2D eigenvalue weighted by atomic mass is 35.5. The van der Waals surface area contributed by atoms with Crippen LogP contribution in [0, 0.1) is 0 Å². The van der Waals surface area contributed by atoms with Crippen LogP contribution in [-0.2, 0) is 6.54 Å². The van der Waals surface area contributed by atoms with Crippen LogP contribution in [0.15, 0.2) is 76.8 Å². The van der Waals surface area contributed by atoms with Gasteiger partial charge in [0.15, 0.2) is 0 Å². The highest BCUT2D eigenvalue weighted by Gasteiger charge is 2.14. The highest BCUT2D eigenvalue weighted by molar-refractivity contribution is 7.99. The van der Waals surface area contributed by atoms with Gasteiger partial charge in [-0.3, -0.25) is 4.79 Å². The normalized spacial score (nSPS) is 10.4. The molecular formula is C20H17ClN2O2S. The Morgan fingerprint density at radius 3 is 2.62 bits per heavy atom. The minimum absolute atomic E-state index is 0.177. The molecule has 0 spiro atoms. The minimum atomic E-state index is -0.177. The van der Waals surface area contributed by atoms with Gasteiger partial charge < -0.3 is 10.1 Å². The second-order valence-electron chi connectivity index (χ2n) is 5.42. The number of carbonyl (C=O) groups excluding carboxylic acids is 1. The van der Waals surface area contributed by atoms with E-state index in [0.29, 0.717) is 22.2 Å². The van der Waals surface area contributed by atoms with Gasteiger partial charge in [-0.15, -0.1) is 0 Å². The first-order chi connectivity index (χ1) is 12.7. The number of methoxy groups -OCH3 is 1. The van der Waals surface area contributed by atoms with Gasteiger partial charge in [0.1, 0.15) is 10.8 Å². The first-order valence-corrected chi connectivity index (χ1v) is 9.15. The number of aromatic nitrogens is 1. The Morgan fingerprint density at radius 1 is 1.12 bits per heavy atom. The summed E-state index contributed by atoms with van der Waals surface area (Å²) in [5.74, 6) is 0.606. The minimum Gasteiger partial charge on any atom is -0.497 e. The average Bonchev–Trinajstić information content (AvgIpc) is 2.68. The van der Waals surface area contributed by atoms with E-state index in [2.05, 4.69) is 10.3 Å². The number of amides is 1. The number of pyridine rings is 1. The van der Waals surface area contributed by atoms with E-state index < -0.39 is 0 Å². The molecule has 0 radical (unpaired) electrons. The van der Waals surface area contributed by atoms with Crippen molar-refractivity contribution in [1.29, 1.82) is 0 Å². The quantitative estimate of drug-likeness (QED) is 0.661. The molecule has 26 heavy (non-hydrogen) atoms. The van der Waals surface area contributed by atoms with Crippen molar-refractivity contribution in [3.05, 3.63) is 83.0 Å². The van der Waals surface area contributed by atoms with Gasteiger partial charge in [0.2, 0.25) is 0 Å². The standard InChI is InChI=1S/C20H17ClN2O2S/c1-25-15-10-8-14(9-11-15)13-23-19(24)16-5-4-12-22-20(16)26-18-7-3-2-6-17(18)21/h2-12H,13H2,1H3,(H,23,24). The van der Waals surface area contributed by atoms with E-state index in [1.54, 1.807) is 25.4 Å². The summed E-state index contributed by atoms with van der Waals surface area (Å²) >= 11 is 7.59. The first-order valence-electron chi connectivity index (χ1n) is 7.96. The fourth-order valence-electron chi connectivity index (χ4n) is 2.30. The van der Waals surface area contributed by atoms with Gasteiger partial charge in [-0.1, -0.05) is 47.6 Å². The van der Waals surface area contributed by atoms with Crippen molar-refractivity contribution in [2.45, 2.75) is 16.5 Å². The lowest BCUT2D eigenvalue weighted by atomic mass is 10.2. The summed E-state index contributed by atoms with van der Waals surface area (Å²) in [6, 6.07) is 18.6. The summed E-state index contributed by atoms with van der Waals surface area (Å²) in [6.45, 7) is 0.425. The molecule has 3 rings (SSSR count). The maximum atomic E-state index is 12.6. The molecule has 0 fully saturated rings. The molecule has 1 aromatic heterocycles. The molecule has 0 atom stereocenters. The average molecular weight is 385 g/mol. The molecule has 0 aliphatic heterocycles. The van der Waals surface area contributed by atoms with Crippen LogP contribution in [0.2, 0.25) is 5.02 Å². The fraction of sp³-hybridized carbons (Fsp3) is 0.100. The van der Waals surface area contributed by atoms with Gasteiger partial charge in [0.05, 0.1) is 17.7 Å². The number of carbonyl (C=O) groups is 1. The van der Waals surface area contributed by atoms with Crippen LogP contribution in [-0.4, -0.2) is 18.0 Å². The lowest BCUT2D eigenvalue weighted by Gasteiger charge is -2.10. The van der Waals surface area contributed by atoms with Gasteiger partial charge in [-0.05, 0) is 42.0 Å². The summed E-state index contributed by atoms with van der Waals surface area (Å²) in [5.41, 5.74) is 1.51. The van der Waals surface area contributed by atoms with Crippen LogP contribution in [0.5, 0.6) is 5.75 Å². The molecule has 0 aliphatic rings. The number of benzene rings is 2. The zero-order chi connectivity index (χ0) is 18.4. The summed E-state index contributed by atoms with van der Waals surface area (Å²) < 4.78 is 5.14. The molecule has 1 amide bonds. The SMILES string of the molecule is COc1ccc(CNC(=O)c2cccnc2Sc2ccccc2Cl)cc1. The van der Waals surface area contributed by atoms with E-state index in [4.69, 9.17) is 16.3 Å². The third-order valence-electron chi connectivity index (χ3n) is 3.67. The monoisotopic (exact) mass is 384 g/mol. The number of halogens is 1. The molecule has 0 saturated heterocycles. The molecule has 2 aromatic carbocycles. The number of hydrogen-bond donors (Lipinski definition) is 1. The second-order valence-corrected chi connectivity index (χ2v) is 6.86. The maximum Gasteiger partial charge on any atom is 0.254 e. The molecule has 0 unspecified atom stereocenters. The van der Waals surface area contributed by atoms with Crippen molar-refractivity contribution >= 4 is 29.3 Å². The predicted octanol–water partition coefficient (Wildman–Crippen LogP) is 4.82. The van der Waals surface area contributed by atoms with Crippen LogP contribution in [0.4, 0.5) is 0 Å². The van der Waals surface area contributed by atoms with Gasteiger partial charge in [0.25, 0.3) is 5.91 Å². The zero-order valence-electron chi connectivity index (χ0n) is 14.1. The Labute approximate surface area is 161 Å². The molecule has 0 bridgehead atoms. The Balaban J connectivity index is 1.72. The van der Waals surface area contributed by atoms with Gasteiger partial charge in [-0.25, -0.2) is 4.98 Å². The van der Waals surface area contributed by atoms with Crippen LogP contribution >= 0.6 is 23.4 Å². The van der Waals surface area contributed by atoms with Crippen LogP contribution in [0.3, 0.4) is 0 Å². The maximum absolute atomic E-state index is 12.6. The molecular weight excluding hydrogens is 368 g/mol. The van der Waals surface area contributed by atoms with Crippen molar-refractivity contribution in [2.75, 3.05) is 7.11 Å². The number of hydrogen-bond acceptors (Lipinski definition) is 4. The third-order valence-corrected chi connectivity index (χ3v) is 5.21. The fourth-order valence-corrected chi connectivity index (χ4v) is 3.45. The number of nitrogens with zero attached hydrogens (tertiary/aromatic N) is 1.